The third kappa shape index (κ3) is 7.34. The predicted molar refractivity (Wildman–Crippen MR) is 326 cm³/mol. The van der Waals surface area contributed by atoms with E-state index in [0.717, 1.165) is 71.0 Å². The van der Waals surface area contributed by atoms with Gasteiger partial charge in [0.1, 0.15) is 0 Å². The monoisotopic (exact) mass is 1170 g/mol. The molecule has 0 spiro atoms. The van der Waals surface area contributed by atoms with E-state index in [1.807, 2.05) is 0 Å². The van der Waals surface area contributed by atoms with Crippen LogP contribution >= 0.6 is 17.0 Å². The molecule has 16 fully saturated rings. The summed E-state index contributed by atoms with van der Waals surface area (Å²) in [5, 5.41) is 0. The first-order chi connectivity index (χ1) is 37.7. The van der Waals surface area contributed by atoms with Crippen molar-refractivity contribution in [1.82, 2.24) is 0 Å². The molecule has 0 nitrogen and oxygen atoms in total. The molecule has 4 aromatic carbocycles. The Hall–Kier alpha value is -1.96. The van der Waals surface area contributed by atoms with E-state index in [2.05, 4.69) is 110 Å². The minimum absolute atomic E-state index is 0.148. The van der Waals surface area contributed by atoms with Gasteiger partial charge in [-0.1, -0.05) is 0 Å². The molecule has 4 aromatic rings. The fourth-order valence-electron chi connectivity index (χ4n) is 26.7. The minimum atomic E-state index is -5.22. The van der Waals surface area contributed by atoms with Crippen LogP contribution in [0.2, 0.25) is 13.1 Å². The van der Waals surface area contributed by atoms with Crippen LogP contribution in [0.25, 0.3) is 34.4 Å². The van der Waals surface area contributed by atoms with Gasteiger partial charge in [-0.2, -0.15) is 0 Å². The van der Waals surface area contributed by atoms with Crippen molar-refractivity contribution in [2.75, 3.05) is 0 Å². The van der Waals surface area contributed by atoms with Crippen molar-refractivity contribution < 1.29 is 15.6 Å². The van der Waals surface area contributed by atoms with E-state index in [1.165, 1.54) is 211 Å². The van der Waals surface area contributed by atoms with Crippen LogP contribution in [0.4, 0.5) is 0 Å². The zero-order valence-electron chi connectivity index (χ0n) is 47.5. The van der Waals surface area contributed by atoms with Gasteiger partial charge in [-0.05, 0) is 0 Å². The maximum atomic E-state index is 9.65. The SMILES string of the molecule is C[SiH](C)[Zr]([Cl])([Cl])([CH]1C(CC23CC4CC(CC(C4)C2)C3)=Cc2c(-c3ccc(C45CC6CC(CC(C6)C4)C5)cc3)cccc21)[CH]1C(CC23CC4CC(CC(C4)C2)C3)=Cc2c(-c3ccc(C45CC6CC(CC(C6)C4)C5)cc3)cccc21. The first kappa shape index (κ1) is 49.5. The van der Waals surface area contributed by atoms with Crippen LogP contribution in [0.3, 0.4) is 0 Å². The van der Waals surface area contributed by atoms with Gasteiger partial charge in [-0.3, -0.25) is 0 Å². The van der Waals surface area contributed by atoms with Crippen molar-refractivity contribution in [3.05, 3.63) is 129 Å². The van der Waals surface area contributed by atoms with E-state index >= 15 is 0 Å². The van der Waals surface area contributed by atoms with Gasteiger partial charge in [0.15, 0.2) is 0 Å². The third-order valence-corrected chi connectivity index (χ3v) is 79.5. The van der Waals surface area contributed by atoms with Crippen LogP contribution in [0.5, 0.6) is 0 Å². The number of fused-ring (bicyclic) bond motifs is 2. The van der Waals surface area contributed by atoms with Crippen LogP contribution in [0.15, 0.2) is 96.1 Å². The van der Waals surface area contributed by atoms with E-state index in [9.17, 15) is 17.0 Å². The molecule has 22 rings (SSSR count). The summed E-state index contributed by atoms with van der Waals surface area (Å²) in [6.45, 7) is 5.32. The van der Waals surface area contributed by atoms with Crippen molar-refractivity contribution in [2.24, 2.45) is 81.8 Å². The molecule has 16 bridgehead atoms. The summed E-state index contributed by atoms with van der Waals surface area (Å²) in [6.07, 6.45) is 43.1. The molecular formula is C74H89Cl2SiZr. The molecule has 4 heteroatoms. The zero-order chi connectivity index (χ0) is 51.7. The average molecular weight is 1170 g/mol. The van der Waals surface area contributed by atoms with Crippen molar-refractivity contribution in [1.29, 1.82) is 0 Å². The van der Waals surface area contributed by atoms with Gasteiger partial charge in [0.05, 0.1) is 0 Å². The van der Waals surface area contributed by atoms with Crippen molar-refractivity contribution in [3.63, 3.8) is 0 Å². The number of hydrogen-bond acceptors (Lipinski definition) is 0. The fourth-order valence-corrected chi connectivity index (χ4v) is 58.0. The Bertz CT molecular complexity index is 2860. The fraction of sp³-hybridized carbons (Fsp3) is 0.622. The van der Waals surface area contributed by atoms with Gasteiger partial charge in [-0.15, -0.1) is 0 Å². The quantitative estimate of drug-likeness (QED) is 0.131. The van der Waals surface area contributed by atoms with E-state index in [0.29, 0.717) is 21.7 Å². The molecule has 0 heterocycles. The Labute approximate surface area is 478 Å². The molecule has 18 aliphatic carbocycles. The summed E-state index contributed by atoms with van der Waals surface area (Å²) in [6, 6.07) is 35.7. The second kappa shape index (κ2) is 17.1. The van der Waals surface area contributed by atoms with E-state index in [4.69, 9.17) is 0 Å². The number of allylic oxidation sites excluding steroid dienone is 2. The maximum absolute atomic E-state index is 9.65. The number of rotatable bonds is 11. The third-order valence-electron chi connectivity index (χ3n) is 27.7. The molecule has 0 amide bonds. The molecule has 2 atom stereocenters. The van der Waals surface area contributed by atoms with E-state index in [-0.39, 0.29) is 7.25 Å². The molecule has 0 N–H and O–H groups in total. The standard InChI is InChI=1S/2C36H41.C2H7Si.2ClH.Zr/c2*1-2-31-14-29(19-35-16-23-8-24(17-35)10-25(9-23)18-35)15-34(31)33(3-1)30-4-6-32(7-5-30)36-20-26-11-27(21-36)13-28(12-26)22-36;1-3-2;;;/h2*1-7,14-15,23-28H,8-13,16-22H2;3H,1-2H3;2*1H;/q;;;;;+2/p-2. The van der Waals surface area contributed by atoms with Gasteiger partial charge in [0.25, 0.3) is 0 Å². The molecule has 0 radical (unpaired) electrons. The molecule has 18 aliphatic rings. The van der Waals surface area contributed by atoms with Crippen LogP contribution in [-0.4, -0.2) is 5.92 Å². The Kier molecular flexibility index (Phi) is 10.9. The first-order valence-corrected chi connectivity index (χ1v) is 49.5. The summed E-state index contributed by atoms with van der Waals surface area (Å²) in [5.74, 6) is 9.51. The van der Waals surface area contributed by atoms with Crippen LogP contribution < -0.4 is 0 Å². The summed E-state index contributed by atoms with van der Waals surface area (Å²) in [5.41, 5.74) is 20.0. The number of hydrogen-bond donors (Lipinski definition) is 0. The van der Waals surface area contributed by atoms with Crippen LogP contribution in [0.1, 0.15) is 208 Å². The molecule has 407 valence electrons. The Morgan fingerprint density at radius 2 is 0.667 bits per heavy atom. The van der Waals surface area contributed by atoms with E-state index in [1.54, 1.807) is 22.3 Å². The topological polar surface area (TPSA) is 0 Å². The molecule has 16 saturated carbocycles. The Morgan fingerprint density at radius 1 is 0.385 bits per heavy atom. The molecule has 2 unspecified atom stereocenters. The normalized spacial score (nSPS) is 43.8. The zero-order valence-corrected chi connectivity index (χ0v) is 52.7. The molecule has 0 aliphatic heterocycles. The summed E-state index contributed by atoms with van der Waals surface area (Å²) in [7, 11) is 19.3. The molecular weight excluding hydrogens is 1080 g/mol. The first-order valence-electron chi connectivity index (χ1n) is 33.2. The van der Waals surface area contributed by atoms with Crippen molar-refractivity contribution >= 4 is 35.1 Å². The summed E-state index contributed by atoms with van der Waals surface area (Å²) < 4.78 is 0.296. The van der Waals surface area contributed by atoms with Gasteiger partial charge >= 0.3 is 482 Å². The summed E-state index contributed by atoms with van der Waals surface area (Å²) >= 11 is -5.22. The predicted octanol–water partition coefficient (Wildman–Crippen LogP) is 20.7. The van der Waals surface area contributed by atoms with Gasteiger partial charge < -0.3 is 0 Å². The van der Waals surface area contributed by atoms with Crippen LogP contribution in [-0.2, 0) is 26.4 Å². The summed E-state index contributed by atoms with van der Waals surface area (Å²) in [4.78, 5) is 0. The van der Waals surface area contributed by atoms with Crippen LogP contribution in [0, 0.1) is 81.8 Å². The second-order valence-electron chi connectivity index (χ2n) is 33.0. The van der Waals surface area contributed by atoms with Gasteiger partial charge in [0.2, 0.25) is 0 Å². The average Bonchev–Trinajstić information content (AvgIpc) is 4.18. The van der Waals surface area contributed by atoms with Crippen molar-refractivity contribution in [2.45, 2.75) is 198 Å². The second-order valence-corrected chi connectivity index (χ2v) is 75.5. The molecule has 0 aromatic heterocycles. The molecule has 78 heavy (non-hydrogen) atoms. The Morgan fingerprint density at radius 3 is 0.949 bits per heavy atom. The number of halogens is 2. The molecule has 0 saturated heterocycles. The Balaban J connectivity index is 0.776. The van der Waals surface area contributed by atoms with Gasteiger partial charge in [0, 0.05) is 0 Å². The number of benzene rings is 4. The van der Waals surface area contributed by atoms with Crippen molar-refractivity contribution in [3.8, 4) is 22.3 Å². The van der Waals surface area contributed by atoms with Gasteiger partial charge in [-0.25, -0.2) is 0 Å². The van der Waals surface area contributed by atoms with E-state index < -0.39 is 21.5 Å².